The molecule has 0 saturated carbocycles. The van der Waals surface area contributed by atoms with Gasteiger partial charge in [-0.05, 0) is 46.1 Å². The first-order valence-corrected chi connectivity index (χ1v) is 6.38. The molecule has 0 unspecified atom stereocenters. The third-order valence-corrected chi connectivity index (χ3v) is 3.58. The zero-order valence-corrected chi connectivity index (χ0v) is 10.2. The Morgan fingerprint density at radius 2 is 1.80 bits per heavy atom. The molecule has 1 saturated heterocycles. The van der Waals surface area contributed by atoms with Gasteiger partial charge in [-0.3, -0.25) is 4.90 Å². The molecule has 86 valence electrons. The van der Waals surface area contributed by atoms with Crippen molar-refractivity contribution in [1.82, 2.24) is 4.90 Å². The van der Waals surface area contributed by atoms with Crippen LogP contribution in [-0.2, 0) is 0 Å². The van der Waals surface area contributed by atoms with Gasteiger partial charge in [0.05, 0.1) is 6.07 Å². The van der Waals surface area contributed by atoms with E-state index in [2.05, 4.69) is 24.8 Å². The molecule has 0 spiro atoms. The van der Waals surface area contributed by atoms with Crippen LogP contribution in [0.3, 0.4) is 0 Å². The van der Waals surface area contributed by atoms with E-state index in [1.165, 1.54) is 38.6 Å². The lowest BCUT2D eigenvalue weighted by Crippen LogP contribution is -2.44. The van der Waals surface area contributed by atoms with Gasteiger partial charge < -0.3 is 0 Å². The summed E-state index contributed by atoms with van der Waals surface area (Å²) in [4.78, 5) is 2.65. The molecule has 1 aliphatic heterocycles. The first kappa shape index (κ1) is 12.5. The van der Waals surface area contributed by atoms with Gasteiger partial charge in [-0.1, -0.05) is 12.8 Å². The molecule has 0 N–H and O–H groups in total. The molecule has 1 fully saturated rings. The van der Waals surface area contributed by atoms with Gasteiger partial charge in [0.1, 0.15) is 0 Å². The lowest BCUT2D eigenvalue weighted by atomic mass is 9.97. The van der Waals surface area contributed by atoms with Crippen molar-refractivity contribution >= 4 is 0 Å². The Hall–Kier alpha value is -0.550. The van der Waals surface area contributed by atoms with E-state index in [0.29, 0.717) is 0 Å². The van der Waals surface area contributed by atoms with Crippen LogP contribution < -0.4 is 0 Å². The first-order valence-electron chi connectivity index (χ1n) is 6.38. The van der Waals surface area contributed by atoms with E-state index in [1.54, 1.807) is 0 Å². The van der Waals surface area contributed by atoms with Gasteiger partial charge in [0.15, 0.2) is 0 Å². The predicted molar refractivity (Wildman–Crippen MR) is 63.6 cm³/mol. The Morgan fingerprint density at radius 1 is 1.13 bits per heavy atom. The molecule has 0 bridgehead atoms. The summed E-state index contributed by atoms with van der Waals surface area (Å²) in [6.07, 6.45) is 8.40. The van der Waals surface area contributed by atoms with Gasteiger partial charge in [0.2, 0.25) is 0 Å². The van der Waals surface area contributed by atoms with Crippen molar-refractivity contribution in [3.8, 4) is 6.07 Å². The normalized spacial score (nSPS) is 27.5. The van der Waals surface area contributed by atoms with Crippen molar-refractivity contribution in [1.29, 1.82) is 5.26 Å². The molecule has 1 heterocycles. The maximum Gasteiger partial charge on any atom is 0.0621 e. The quantitative estimate of drug-likeness (QED) is 0.648. The zero-order chi connectivity index (χ0) is 11.1. The summed E-state index contributed by atoms with van der Waals surface area (Å²) in [5, 5.41) is 8.44. The van der Waals surface area contributed by atoms with Crippen molar-refractivity contribution in [2.75, 3.05) is 6.54 Å². The fourth-order valence-corrected chi connectivity index (χ4v) is 2.59. The van der Waals surface area contributed by atoms with E-state index in [9.17, 15) is 0 Å². The van der Waals surface area contributed by atoms with E-state index in [0.717, 1.165) is 24.9 Å². The molecule has 2 nitrogen and oxygen atoms in total. The smallest absolute Gasteiger partial charge is 0.0621 e. The number of nitrogens with zero attached hydrogens (tertiary/aromatic N) is 2. The highest BCUT2D eigenvalue weighted by Crippen LogP contribution is 2.22. The van der Waals surface area contributed by atoms with Gasteiger partial charge in [0.25, 0.3) is 0 Å². The van der Waals surface area contributed by atoms with Crippen LogP contribution in [0.4, 0.5) is 0 Å². The highest BCUT2D eigenvalue weighted by atomic mass is 15.2. The third kappa shape index (κ3) is 4.22. The number of hydrogen-bond donors (Lipinski definition) is 0. The van der Waals surface area contributed by atoms with E-state index < -0.39 is 0 Å². The Kier molecular flexibility index (Phi) is 5.71. The molecule has 2 atom stereocenters. The van der Waals surface area contributed by atoms with Crippen molar-refractivity contribution in [3.63, 3.8) is 0 Å². The maximum atomic E-state index is 8.44. The van der Waals surface area contributed by atoms with E-state index in [-0.39, 0.29) is 0 Å². The van der Waals surface area contributed by atoms with Crippen LogP contribution in [0.2, 0.25) is 0 Å². The second kappa shape index (κ2) is 6.85. The second-order valence-electron chi connectivity index (χ2n) is 4.84. The average Bonchev–Trinajstić information content (AvgIpc) is 2.21. The summed E-state index contributed by atoms with van der Waals surface area (Å²) in [5.41, 5.74) is 0. The van der Waals surface area contributed by atoms with Crippen LogP contribution in [0.5, 0.6) is 0 Å². The summed E-state index contributed by atoms with van der Waals surface area (Å²) in [5.74, 6) is 0. The van der Waals surface area contributed by atoms with Crippen LogP contribution in [0, 0.1) is 11.3 Å². The summed E-state index contributed by atoms with van der Waals surface area (Å²) in [6, 6.07) is 3.75. The Bertz CT molecular complexity index is 197. The number of rotatable bonds is 5. The number of unbranched alkanes of at least 4 members (excludes halogenated alkanes) is 3. The van der Waals surface area contributed by atoms with Crippen molar-refractivity contribution in [2.24, 2.45) is 0 Å². The minimum atomic E-state index is 0.727. The molecule has 0 radical (unpaired) electrons. The van der Waals surface area contributed by atoms with Crippen LogP contribution in [-0.4, -0.2) is 23.5 Å². The molecule has 0 amide bonds. The second-order valence-corrected chi connectivity index (χ2v) is 4.84. The SMILES string of the molecule is C[C@@H]1CCC[C@H](C)N1CCCCCC#N. The summed E-state index contributed by atoms with van der Waals surface area (Å²) in [6.45, 7) is 5.93. The summed E-state index contributed by atoms with van der Waals surface area (Å²) >= 11 is 0. The van der Waals surface area contributed by atoms with Crippen LogP contribution in [0.25, 0.3) is 0 Å². The fraction of sp³-hybridized carbons (Fsp3) is 0.923. The number of likely N-dealkylation sites (tertiary alicyclic amines) is 1. The molecule has 0 aromatic carbocycles. The number of nitriles is 1. The molecular formula is C13H24N2. The molecule has 2 heteroatoms. The minimum absolute atomic E-state index is 0.727. The lowest BCUT2D eigenvalue weighted by molar-refractivity contribution is 0.101. The highest BCUT2D eigenvalue weighted by Gasteiger charge is 2.23. The molecule has 0 aromatic heterocycles. The number of piperidine rings is 1. The zero-order valence-electron chi connectivity index (χ0n) is 10.2. The Balaban J connectivity index is 2.15. The first-order chi connectivity index (χ1) is 7.25. The third-order valence-electron chi connectivity index (χ3n) is 3.58. The van der Waals surface area contributed by atoms with Gasteiger partial charge in [0, 0.05) is 18.5 Å². The fourth-order valence-electron chi connectivity index (χ4n) is 2.59. The molecular weight excluding hydrogens is 184 g/mol. The van der Waals surface area contributed by atoms with Crippen LogP contribution in [0.15, 0.2) is 0 Å². The molecule has 1 aliphatic rings. The van der Waals surface area contributed by atoms with Crippen molar-refractivity contribution in [2.45, 2.75) is 70.9 Å². The largest absolute Gasteiger partial charge is 0.298 e. The monoisotopic (exact) mass is 208 g/mol. The maximum absolute atomic E-state index is 8.44. The van der Waals surface area contributed by atoms with Crippen LogP contribution in [0.1, 0.15) is 58.8 Å². The van der Waals surface area contributed by atoms with Gasteiger partial charge in [-0.25, -0.2) is 0 Å². The molecule has 15 heavy (non-hydrogen) atoms. The van der Waals surface area contributed by atoms with Gasteiger partial charge >= 0.3 is 0 Å². The average molecular weight is 208 g/mol. The van der Waals surface area contributed by atoms with Crippen LogP contribution >= 0.6 is 0 Å². The van der Waals surface area contributed by atoms with Crippen molar-refractivity contribution in [3.05, 3.63) is 0 Å². The number of hydrogen-bond acceptors (Lipinski definition) is 2. The van der Waals surface area contributed by atoms with E-state index in [4.69, 9.17) is 5.26 Å². The molecule has 1 rings (SSSR count). The highest BCUT2D eigenvalue weighted by molar-refractivity contribution is 4.79. The lowest BCUT2D eigenvalue weighted by Gasteiger charge is -2.39. The van der Waals surface area contributed by atoms with Gasteiger partial charge in [-0.2, -0.15) is 5.26 Å². The summed E-state index contributed by atoms with van der Waals surface area (Å²) in [7, 11) is 0. The van der Waals surface area contributed by atoms with Gasteiger partial charge in [-0.15, -0.1) is 0 Å². The van der Waals surface area contributed by atoms with Crippen molar-refractivity contribution < 1.29 is 0 Å². The topological polar surface area (TPSA) is 27.0 Å². The molecule has 0 aromatic rings. The Labute approximate surface area is 94.3 Å². The van der Waals surface area contributed by atoms with E-state index in [1.807, 2.05) is 0 Å². The summed E-state index contributed by atoms with van der Waals surface area (Å²) < 4.78 is 0. The minimum Gasteiger partial charge on any atom is -0.298 e. The molecule has 0 aliphatic carbocycles. The predicted octanol–water partition coefficient (Wildman–Crippen LogP) is 3.33. The standard InChI is InChI=1S/C13H24N2/c1-12-8-7-9-13(2)15(12)11-6-4-3-5-10-14/h12-13H,3-9,11H2,1-2H3/t12-,13+. The van der Waals surface area contributed by atoms with E-state index >= 15 is 0 Å². The Morgan fingerprint density at radius 3 is 2.40 bits per heavy atom.